The van der Waals surface area contributed by atoms with Gasteiger partial charge in [-0.05, 0) is 38.3 Å². The predicted molar refractivity (Wildman–Crippen MR) is 75.2 cm³/mol. The van der Waals surface area contributed by atoms with Crippen molar-refractivity contribution < 1.29 is 9.53 Å². The van der Waals surface area contributed by atoms with Gasteiger partial charge in [0.2, 0.25) is 0 Å². The average molecular weight is 283 g/mol. The Bertz CT molecular complexity index is 439. The zero-order valence-electron chi connectivity index (χ0n) is 11.1. The van der Waals surface area contributed by atoms with Crippen molar-refractivity contribution in [3.05, 3.63) is 23.5 Å². The van der Waals surface area contributed by atoms with E-state index in [2.05, 4.69) is 10.3 Å². The van der Waals surface area contributed by atoms with Gasteiger partial charge in [0.1, 0.15) is 0 Å². The molecule has 1 aromatic heterocycles. The van der Waals surface area contributed by atoms with E-state index in [0.717, 1.165) is 31.4 Å². The van der Waals surface area contributed by atoms with Crippen LogP contribution in [0.2, 0.25) is 5.15 Å². The first-order valence-electron chi connectivity index (χ1n) is 6.74. The second kappa shape index (κ2) is 6.75. The summed E-state index contributed by atoms with van der Waals surface area (Å²) < 4.78 is 5.10. The minimum Gasteiger partial charge on any atom is -0.466 e. The van der Waals surface area contributed by atoms with Crippen molar-refractivity contribution in [2.24, 2.45) is 5.92 Å². The molecule has 1 aliphatic carbocycles. The molecule has 2 atom stereocenters. The van der Waals surface area contributed by atoms with Crippen molar-refractivity contribution in [2.45, 2.75) is 38.6 Å². The average Bonchev–Trinajstić information content (AvgIpc) is 2.42. The van der Waals surface area contributed by atoms with E-state index in [1.54, 1.807) is 6.20 Å². The largest absolute Gasteiger partial charge is 0.466 e. The molecule has 1 N–H and O–H groups in total. The number of halogens is 1. The van der Waals surface area contributed by atoms with Gasteiger partial charge < -0.3 is 10.1 Å². The van der Waals surface area contributed by atoms with Crippen LogP contribution in [0.1, 0.15) is 32.6 Å². The molecule has 2 rings (SSSR count). The van der Waals surface area contributed by atoms with Gasteiger partial charge in [0.05, 0.1) is 18.2 Å². The third kappa shape index (κ3) is 3.83. The first-order chi connectivity index (χ1) is 9.20. The van der Waals surface area contributed by atoms with Crippen LogP contribution in [0, 0.1) is 5.92 Å². The SMILES string of the molecule is CCOC(=O)C1CCCC(Nc2cccnc2Cl)C1. The lowest BCUT2D eigenvalue weighted by Gasteiger charge is -2.29. The van der Waals surface area contributed by atoms with Crippen LogP contribution < -0.4 is 5.32 Å². The molecule has 1 saturated carbocycles. The maximum atomic E-state index is 11.8. The van der Waals surface area contributed by atoms with E-state index >= 15 is 0 Å². The number of nitrogens with one attached hydrogen (secondary N) is 1. The number of hydrogen-bond acceptors (Lipinski definition) is 4. The molecular formula is C14H19ClN2O2. The van der Waals surface area contributed by atoms with Crippen molar-refractivity contribution in [1.82, 2.24) is 4.98 Å². The van der Waals surface area contributed by atoms with E-state index in [4.69, 9.17) is 16.3 Å². The molecule has 0 spiro atoms. The topological polar surface area (TPSA) is 51.2 Å². The predicted octanol–water partition coefficient (Wildman–Crippen LogP) is 3.27. The monoisotopic (exact) mass is 282 g/mol. The summed E-state index contributed by atoms with van der Waals surface area (Å²) in [5, 5.41) is 3.85. The van der Waals surface area contributed by atoms with Gasteiger partial charge in [0.15, 0.2) is 5.15 Å². The Morgan fingerprint density at radius 1 is 1.58 bits per heavy atom. The number of carbonyl (C=O) groups excluding carboxylic acids is 1. The zero-order valence-corrected chi connectivity index (χ0v) is 11.8. The number of ether oxygens (including phenoxy) is 1. The van der Waals surface area contributed by atoms with Gasteiger partial charge in [0, 0.05) is 12.2 Å². The van der Waals surface area contributed by atoms with E-state index in [1.807, 2.05) is 19.1 Å². The Balaban J connectivity index is 1.94. The summed E-state index contributed by atoms with van der Waals surface area (Å²) in [4.78, 5) is 15.8. The molecule has 0 amide bonds. The van der Waals surface area contributed by atoms with E-state index in [1.165, 1.54) is 0 Å². The Morgan fingerprint density at radius 3 is 3.16 bits per heavy atom. The number of hydrogen-bond donors (Lipinski definition) is 1. The molecule has 19 heavy (non-hydrogen) atoms. The molecule has 4 nitrogen and oxygen atoms in total. The Kier molecular flexibility index (Phi) is 5.02. The van der Waals surface area contributed by atoms with Gasteiger partial charge in [-0.2, -0.15) is 0 Å². The maximum absolute atomic E-state index is 11.8. The fourth-order valence-electron chi connectivity index (χ4n) is 2.51. The first-order valence-corrected chi connectivity index (χ1v) is 7.12. The van der Waals surface area contributed by atoms with Crippen molar-refractivity contribution in [1.29, 1.82) is 0 Å². The highest BCUT2D eigenvalue weighted by atomic mass is 35.5. The molecule has 0 aliphatic heterocycles. The molecule has 1 aliphatic rings. The molecular weight excluding hydrogens is 264 g/mol. The lowest BCUT2D eigenvalue weighted by atomic mass is 9.85. The third-order valence-electron chi connectivity index (χ3n) is 3.41. The number of rotatable bonds is 4. The molecule has 2 unspecified atom stereocenters. The van der Waals surface area contributed by atoms with Crippen molar-refractivity contribution >= 4 is 23.3 Å². The summed E-state index contributed by atoms with van der Waals surface area (Å²) in [6.07, 6.45) is 5.44. The summed E-state index contributed by atoms with van der Waals surface area (Å²) in [5.74, 6) is -0.0760. The molecule has 0 radical (unpaired) electrons. The van der Waals surface area contributed by atoms with Gasteiger partial charge in [0.25, 0.3) is 0 Å². The van der Waals surface area contributed by atoms with Gasteiger partial charge in [-0.3, -0.25) is 4.79 Å². The highest BCUT2D eigenvalue weighted by molar-refractivity contribution is 6.31. The van der Waals surface area contributed by atoms with Crippen LogP contribution in [0.25, 0.3) is 0 Å². The minimum atomic E-state index is -0.0775. The number of nitrogens with zero attached hydrogens (tertiary/aromatic N) is 1. The van der Waals surface area contributed by atoms with E-state index in [-0.39, 0.29) is 17.9 Å². The van der Waals surface area contributed by atoms with Crippen molar-refractivity contribution in [3.63, 3.8) is 0 Å². The lowest BCUT2D eigenvalue weighted by Crippen LogP contribution is -2.32. The summed E-state index contributed by atoms with van der Waals surface area (Å²) in [6, 6.07) is 4.01. The molecule has 0 saturated heterocycles. The lowest BCUT2D eigenvalue weighted by molar-refractivity contribution is -0.149. The number of aromatic nitrogens is 1. The fourth-order valence-corrected chi connectivity index (χ4v) is 2.68. The van der Waals surface area contributed by atoms with E-state index < -0.39 is 0 Å². The van der Waals surface area contributed by atoms with E-state index in [0.29, 0.717) is 11.8 Å². The molecule has 0 aromatic carbocycles. The smallest absolute Gasteiger partial charge is 0.308 e. The van der Waals surface area contributed by atoms with Gasteiger partial charge >= 0.3 is 5.97 Å². The molecule has 0 bridgehead atoms. The second-order valence-corrected chi connectivity index (χ2v) is 5.16. The summed E-state index contributed by atoms with van der Waals surface area (Å²) >= 11 is 6.03. The zero-order chi connectivity index (χ0) is 13.7. The standard InChI is InChI=1S/C14H19ClN2O2/c1-2-19-14(18)10-5-3-6-11(9-10)17-12-7-4-8-16-13(12)15/h4,7-8,10-11,17H,2-3,5-6,9H2,1H3. The fraction of sp³-hybridized carbons (Fsp3) is 0.571. The third-order valence-corrected chi connectivity index (χ3v) is 3.71. The van der Waals surface area contributed by atoms with E-state index in [9.17, 15) is 4.79 Å². The maximum Gasteiger partial charge on any atom is 0.308 e. The molecule has 5 heteroatoms. The van der Waals surface area contributed by atoms with Gasteiger partial charge in [-0.25, -0.2) is 4.98 Å². The Labute approximate surface area is 118 Å². The number of anilines is 1. The molecule has 1 heterocycles. The van der Waals surface area contributed by atoms with Crippen LogP contribution >= 0.6 is 11.6 Å². The van der Waals surface area contributed by atoms with Gasteiger partial charge in [-0.1, -0.05) is 18.0 Å². The molecule has 104 valence electrons. The number of carbonyl (C=O) groups is 1. The van der Waals surface area contributed by atoms with Crippen molar-refractivity contribution in [3.8, 4) is 0 Å². The van der Waals surface area contributed by atoms with Crippen LogP contribution in [0.15, 0.2) is 18.3 Å². The highest BCUT2D eigenvalue weighted by Crippen LogP contribution is 2.29. The number of pyridine rings is 1. The Morgan fingerprint density at radius 2 is 2.42 bits per heavy atom. The van der Waals surface area contributed by atoms with Crippen LogP contribution in [0.4, 0.5) is 5.69 Å². The van der Waals surface area contributed by atoms with Crippen molar-refractivity contribution in [2.75, 3.05) is 11.9 Å². The van der Waals surface area contributed by atoms with Crippen LogP contribution in [-0.2, 0) is 9.53 Å². The molecule has 1 aromatic rings. The first kappa shape index (κ1) is 14.1. The normalized spacial score (nSPS) is 22.8. The Hall–Kier alpha value is -1.29. The molecule has 1 fully saturated rings. The van der Waals surface area contributed by atoms with Crippen LogP contribution in [0.5, 0.6) is 0 Å². The van der Waals surface area contributed by atoms with Crippen LogP contribution in [-0.4, -0.2) is 23.6 Å². The minimum absolute atomic E-state index is 0.00152. The highest BCUT2D eigenvalue weighted by Gasteiger charge is 2.28. The second-order valence-electron chi connectivity index (χ2n) is 4.80. The summed E-state index contributed by atoms with van der Waals surface area (Å²) in [7, 11) is 0. The summed E-state index contributed by atoms with van der Waals surface area (Å²) in [6.45, 7) is 2.29. The number of esters is 1. The van der Waals surface area contributed by atoms with Gasteiger partial charge in [-0.15, -0.1) is 0 Å². The summed E-state index contributed by atoms with van der Waals surface area (Å²) in [5.41, 5.74) is 0.832. The quantitative estimate of drug-likeness (QED) is 0.680. The van der Waals surface area contributed by atoms with Crippen LogP contribution in [0.3, 0.4) is 0 Å².